The first-order chi connectivity index (χ1) is 6.60. The molecule has 4 nitrogen and oxygen atoms in total. The number of rotatable bonds is 8. The van der Waals surface area contributed by atoms with Crippen LogP contribution in [0.15, 0.2) is 0 Å². The van der Waals surface area contributed by atoms with Gasteiger partial charge in [-0.1, -0.05) is 6.92 Å². The van der Waals surface area contributed by atoms with E-state index in [-0.39, 0.29) is 12.1 Å². The van der Waals surface area contributed by atoms with Gasteiger partial charge in [0.2, 0.25) is 0 Å². The van der Waals surface area contributed by atoms with Gasteiger partial charge in [0.15, 0.2) is 0 Å². The SMILES string of the molecule is CCC(C)(CN)N(C)CCOCCO. The van der Waals surface area contributed by atoms with Crippen molar-refractivity contribution in [1.82, 2.24) is 4.90 Å². The van der Waals surface area contributed by atoms with Gasteiger partial charge in [-0.25, -0.2) is 0 Å². The Labute approximate surface area is 87.0 Å². The predicted molar refractivity (Wildman–Crippen MR) is 58.3 cm³/mol. The Bertz CT molecular complexity index is 138. The zero-order chi connectivity index (χ0) is 11.0. The second kappa shape index (κ2) is 7.17. The topological polar surface area (TPSA) is 58.7 Å². The number of nitrogens with two attached hydrogens (primary N) is 1. The Morgan fingerprint density at radius 1 is 1.43 bits per heavy atom. The predicted octanol–water partition coefficient (Wildman–Crippen LogP) is 0.0545. The second-order valence-corrected chi connectivity index (χ2v) is 3.81. The lowest BCUT2D eigenvalue weighted by molar-refractivity contribution is 0.0515. The molecule has 0 aromatic heterocycles. The fraction of sp³-hybridized carbons (Fsp3) is 1.00. The first-order valence-electron chi connectivity index (χ1n) is 5.20. The number of nitrogens with zero attached hydrogens (tertiary/aromatic N) is 1. The lowest BCUT2D eigenvalue weighted by Crippen LogP contribution is -2.50. The third-order valence-electron chi connectivity index (χ3n) is 2.93. The van der Waals surface area contributed by atoms with Crippen molar-refractivity contribution in [3.8, 4) is 0 Å². The Morgan fingerprint density at radius 2 is 2.07 bits per heavy atom. The number of hydrogen-bond donors (Lipinski definition) is 2. The summed E-state index contributed by atoms with van der Waals surface area (Å²) in [6, 6.07) is 0. The van der Waals surface area contributed by atoms with Crippen LogP contribution in [0.3, 0.4) is 0 Å². The van der Waals surface area contributed by atoms with E-state index in [0.29, 0.717) is 19.8 Å². The summed E-state index contributed by atoms with van der Waals surface area (Å²) in [6.07, 6.45) is 1.03. The normalized spacial score (nSPS) is 15.9. The van der Waals surface area contributed by atoms with Crippen LogP contribution in [0.1, 0.15) is 20.3 Å². The van der Waals surface area contributed by atoms with Crippen LogP contribution in [0.2, 0.25) is 0 Å². The monoisotopic (exact) mass is 204 g/mol. The van der Waals surface area contributed by atoms with Gasteiger partial charge >= 0.3 is 0 Å². The molecule has 0 rings (SSSR count). The maximum Gasteiger partial charge on any atom is 0.0698 e. The molecule has 4 heteroatoms. The van der Waals surface area contributed by atoms with Crippen LogP contribution >= 0.6 is 0 Å². The number of ether oxygens (including phenoxy) is 1. The zero-order valence-electron chi connectivity index (χ0n) is 9.62. The van der Waals surface area contributed by atoms with Crippen LogP contribution < -0.4 is 5.73 Å². The van der Waals surface area contributed by atoms with E-state index in [4.69, 9.17) is 15.6 Å². The van der Waals surface area contributed by atoms with Gasteiger partial charge in [-0.05, 0) is 20.4 Å². The number of likely N-dealkylation sites (N-methyl/N-ethyl adjacent to an activating group) is 1. The van der Waals surface area contributed by atoms with Gasteiger partial charge in [-0.15, -0.1) is 0 Å². The van der Waals surface area contributed by atoms with Crippen molar-refractivity contribution in [2.45, 2.75) is 25.8 Å². The van der Waals surface area contributed by atoms with E-state index in [2.05, 4.69) is 25.8 Å². The van der Waals surface area contributed by atoms with Crippen LogP contribution in [0.5, 0.6) is 0 Å². The van der Waals surface area contributed by atoms with Crippen LogP contribution in [0, 0.1) is 0 Å². The van der Waals surface area contributed by atoms with Crippen molar-refractivity contribution in [2.24, 2.45) is 5.73 Å². The lowest BCUT2D eigenvalue weighted by atomic mass is 9.97. The fourth-order valence-electron chi connectivity index (χ4n) is 1.21. The maximum atomic E-state index is 8.53. The molecule has 0 bridgehead atoms. The molecule has 0 aliphatic rings. The highest BCUT2D eigenvalue weighted by molar-refractivity contribution is 4.83. The summed E-state index contributed by atoms with van der Waals surface area (Å²) in [5.41, 5.74) is 5.78. The van der Waals surface area contributed by atoms with Crippen LogP contribution in [-0.2, 0) is 4.74 Å². The minimum Gasteiger partial charge on any atom is -0.394 e. The smallest absolute Gasteiger partial charge is 0.0698 e. The molecule has 86 valence electrons. The molecule has 3 N–H and O–H groups in total. The molecule has 1 unspecified atom stereocenters. The average Bonchev–Trinajstić information content (AvgIpc) is 2.22. The summed E-state index contributed by atoms with van der Waals surface area (Å²) in [5, 5.41) is 8.53. The van der Waals surface area contributed by atoms with Gasteiger partial charge in [-0.3, -0.25) is 4.90 Å². The van der Waals surface area contributed by atoms with Crippen molar-refractivity contribution in [3.63, 3.8) is 0 Å². The quantitative estimate of drug-likeness (QED) is 0.549. The first-order valence-corrected chi connectivity index (χ1v) is 5.20. The molecule has 0 aliphatic heterocycles. The van der Waals surface area contributed by atoms with E-state index in [1.807, 2.05) is 0 Å². The highest BCUT2D eigenvalue weighted by Crippen LogP contribution is 2.15. The van der Waals surface area contributed by atoms with Gasteiger partial charge in [-0.2, -0.15) is 0 Å². The van der Waals surface area contributed by atoms with Gasteiger partial charge < -0.3 is 15.6 Å². The number of hydrogen-bond acceptors (Lipinski definition) is 4. The van der Waals surface area contributed by atoms with Crippen molar-refractivity contribution in [1.29, 1.82) is 0 Å². The van der Waals surface area contributed by atoms with Crippen molar-refractivity contribution in [2.75, 3.05) is 40.0 Å². The average molecular weight is 204 g/mol. The molecule has 0 saturated heterocycles. The van der Waals surface area contributed by atoms with E-state index in [9.17, 15) is 0 Å². The van der Waals surface area contributed by atoms with Crippen LogP contribution in [-0.4, -0.2) is 55.5 Å². The molecular weight excluding hydrogens is 180 g/mol. The van der Waals surface area contributed by atoms with E-state index in [1.54, 1.807) is 0 Å². The second-order valence-electron chi connectivity index (χ2n) is 3.81. The van der Waals surface area contributed by atoms with Crippen LogP contribution in [0.25, 0.3) is 0 Å². The molecule has 14 heavy (non-hydrogen) atoms. The Hall–Kier alpha value is -0.160. The minimum absolute atomic E-state index is 0.0581. The third-order valence-corrected chi connectivity index (χ3v) is 2.93. The highest BCUT2D eigenvalue weighted by Gasteiger charge is 2.24. The molecule has 0 aromatic rings. The van der Waals surface area contributed by atoms with Crippen molar-refractivity contribution in [3.05, 3.63) is 0 Å². The first kappa shape index (κ1) is 13.8. The summed E-state index contributed by atoms with van der Waals surface area (Å²) in [5.74, 6) is 0. The lowest BCUT2D eigenvalue weighted by Gasteiger charge is -2.37. The van der Waals surface area contributed by atoms with Crippen molar-refractivity contribution >= 4 is 0 Å². The zero-order valence-corrected chi connectivity index (χ0v) is 9.62. The molecule has 0 amide bonds. The highest BCUT2D eigenvalue weighted by atomic mass is 16.5. The Kier molecular flexibility index (Phi) is 7.09. The molecule has 0 saturated carbocycles. The summed E-state index contributed by atoms with van der Waals surface area (Å²) in [4.78, 5) is 2.21. The van der Waals surface area contributed by atoms with Gasteiger partial charge in [0.25, 0.3) is 0 Å². The molecule has 0 aromatic carbocycles. The molecule has 0 fully saturated rings. The maximum absolute atomic E-state index is 8.53. The molecule has 0 heterocycles. The Balaban J connectivity index is 3.75. The minimum atomic E-state index is 0.0581. The van der Waals surface area contributed by atoms with E-state index >= 15 is 0 Å². The standard InChI is InChI=1S/C10H24N2O2/c1-4-10(2,9-11)12(3)5-7-14-8-6-13/h13H,4-9,11H2,1-3H3. The molecular formula is C10H24N2O2. The molecule has 0 radical (unpaired) electrons. The van der Waals surface area contributed by atoms with E-state index in [0.717, 1.165) is 13.0 Å². The van der Waals surface area contributed by atoms with Gasteiger partial charge in [0.05, 0.1) is 19.8 Å². The van der Waals surface area contributed by atoms with Crippen LogP contribution in [0.4, 0.5) is 0 Å². The number of aliphatic hydroxyl groups excluding tert-OH is 1. The van der Waals surface area contributed by atoms with E-state index < -0.39 is 0 Å². The van der Waals surface area contributed by atoms with Crippen molar-refractivity contribution < 1.29 is 9.84 Å². The summed E-state index contributed by atoms with van der Waals surface area (Å²) in [7, 11) is 2.05. The number of aliphatic hydroxyl groups is 1. The summed E-state index contributed by atoms with van der Waals surface area (Å²) in [6.45, 7) is 6.94. The summed E-state index contributed by atoms with van der Waals surface area (Å²) >= 11 is 0. The molecule has 0 spiro atoms. The molecule has 0 aliphatic carbocycles. The Morgan fingerprint density at radius 3 is 2.50 bits per heavy atom. The largest absolute Gasteiger partial charge is 0.394 e. The van der Waals surface area contributed by atoms with Gasteiger partial charge in [0.1, 0.15) is 0 Å². The summed E-state index contributed by atoms with van der Waals surface area (Å²) < 4.78 is 5.21. The van der Waals surface area contributed by atoms with Gasteiger partial charge in [0, 0.05) is 18.6 Å². The third kappa shape index (κ3) is 4.37. The van der Waals surface area contributed by atoms with E-state index in [1.165, 1.54) is 0 Å². The molecule has 1 atom stereocenters. The fourth-order valence-corrected chi connectivity index (χ4v) is 1.21.